The zero-order valence-electron chi connectivity index (χ0n) is 11.7. The van der Waals surface area contributed by atoms with Crippen LogP contribution in [0.3, 0.4) is 0 Å². The van der Waals surface area contributed by atoms with E-state index in [0.717, 1.165) is 23.7 Å². The Kier molecular flexibility index (Phi) is 5.40. The minimum Gasteiger partial charge on any atom is -0.325 e. The minimum atomic E-state index is 0.0389. The van der Waals surface area contributed by atoms with Gasteiger partial charge in [-0.15, -0.1) is 0 Å². The van der Waals surface area contributed by atoms with Crippen LogP contribution in [0.4, 0.5) is 5.69 Å². The predicted octanol–water partition coefficient (Wildman–Crippen LogP) is 3.10. The zero-order valence-corrected chi connectivity index (χ0v) is 11.7. The molecule has 104 valence electrons. The highest BCUT2D eigenvalue weighted by Gasteiger charge is 2.14. The first-order valence-corrected chi connectivity index (χ1v) is 7.31. The van der Waals surface area contributed by atoms with Crippen molar-refractivity contribution in [3.63, 3.8) is 0 Å². The molecule has 0 spiro atoms. The van der Waals surface area contributed by atoms with Crippen molar-refractivity contribution in [1.82, 2.24) is 5.32 Å². The fourth-order valence-corrected chi connectivity index (χ4v) is 2.74. The van der Waals surface area contributed by atoms with E-state index in [4.69, 9.17) is 0 Å². The van der Waals surface area contributed by atoms with Crippen LogP contribution in [0.15, 0.2) is 24.3 Å². The fraction of sp³-hybridized carbons (Fsp3) is 0.562. The average Bonchev–Trinajstić information content (AvgIpc) is 2.88. The van der Waals surface area contributed by atoms with E-state index in [2.05, 4.69) is 10.6 Å². The molecule has 0 aromatic heterocycles. The lowest BCUT2D eigenvalue weighted by molar-refractivity contribution is -0.115. The summed E-state index contributed by atoms with van der Waals surface area (Å²) in [4.78, 5) is 11.7. The van der Waals surface area contributed by atoms with E-state index in [1.54, 1.807) is 0 Å². The van der Waals surface area contributed by atoms with Gasteiger partial charge in [0.05, 0.1) is 6.54 Å². The van der Waals surface area contributed by atoms with Gasteiger partial charge >= 0.3 is 0 Å². The van der Waals surface area contributed by atoms with Crippen LogP contribution in [0.5, 0.6) is 0 Å². The molecule has 0 saturated heterocycles. The molecule has 19 heavy (non-hydrogen) atoms. The Morgan fingerprint density at radius 2 is 2.11 bits per heavy atom. The van der Waals surface area contributed by atoms with Gasteiger partial charge < -0.3 is 10.6 Å². The Labute approximate surface area is 115 Å². The third-order valence-corrected chi connectivity index (χ3v) is 3.79. The first-order chi connectivity index (χ1) is 9.24. The van der Waals surface area contributed by atoms with Gasteiger partial charge in [-0.25, -0.2) is 0 Å². The summed E-state index contributed by atoms with van der Waals surface area (Å²) in [6.45, 7) is 3.38. The molecule has 0 aliphatic heterocycles. The molecule has 1 aliphatic carbocycles. The number of nitrogens with one attached hydrogen (secondary N) is 2. The first kappa shape index (κ1) is 14.1. The molecular formula is C16H24N2O. The molecule has 1 aromatic rings. The summed E-state index contributed by atoms with van der Waals surface area (Å²) in [5, 5.41) is 6.14. The van der Waals surface area contributed by atoms with Crippen molar-refractivity contribution < 1.29 is 4.79 Å². The summed E-state index contributed by atoms with van der Waals surface area (Å²) < 4.78 is 0. The summed E-state index contributed by atoms with van der Waals surface area (Å²) in [5.74, 6) is 0.921. The lowest BCUT2D eigenvalue weighted by Gasteiger charge is -2.10. The van der Waals surface area contributed by atoms with Crippen molar-refractivity contribution in [3.05, 3.63) is 29.8 Å². The van der Waals surface area contributed by atoms with Gasteiger partial charge in [0.15, 0.2) is 0 Å². The molecule has 1 aliphatic rings. The van der Waals surface area contributed by atoms with Crippen molar-refractivity contribution in [2.75, 3.05) is 18.4 Å². The van der Waals surface area contributed by atoms with Gasteiger partial charge in [0.25, 0.3) is 0 Å². The summed E-state index contributed by atoms with van der Waals surface area (Å²) >= 11 is 0. The number of hydrogen-bond acceptors (Lipinski definition) is 2. The summed E-state index contributed by atoms with van der Waals surface area (Å²) in [6, 6.07) is 7.88. The van der Waals surface area contributed by atoms with Gasteiger partial charge in [-0.3, -0.25) is 4.79 Å². The van der Waals surface area contributed by atoms with E-state index >= 15 is 0 Å². The quantitative estimate of drug-likeness (QED) is 0.772. The molecule has 2 N–H and O–H groups in total. The highest BCUT2D eigenvalue weighted by molar-refractivity contribution is 5.92. The molecule has 0 unspecified atom stereocenters. The van der Waals surface area contributed by atoms with E-state index in [1.165, 1.54) is 32.1 Å². The molecule has 1 amide bonds. The number of aryl methyl sites for hydroxylation is 1. The molecule has 2 rings (SSSR count). The highest BCUT2D eigenvalue weighted by atomic mass is 16.1. The van der Waals surface area contributed by atoms with Gasteiger partial charge in [-0.05, 0) is 43.5 Å². The van der Waals surface area contributed by atoms with Crippen LogP contribution in [0, 0.1) is 12.8 Å². The third-order valence-electron chi connectivity index (χ3n) is 3.79. The van der Waals surface area contributed by atoms with Crippen LogP contribution in [0.2, 0.25) is 0 Å². The Morgan fingerprint density at radius 3 is 2.84 bits per heavy atom. The van der Waals surface area contributed by atoms with Crippen LogP contribution in [-0.2, 0) is 4.79 Å². The Morgan fingerprint density at radius 1 is 1.32 bits per heavy atom. The molecular weight excluding hydrogens is 236 g/mol. The molecule has 0 heterocycles. The second kappa shape index (κ2) is 7.29. The van der Waals surface area contributed by atoms with Gasteiger partial charge in [-0.1, -0.05) is 37.8 Å². The second-order valence-electron chi connectivity index (χ2n) is 5.53. The number of benzene rings is 1. The number of carbonyl (C=O) groups excluding carboxylic acids is 1. The van der Waals surface area contributed by atoms with Crippen molar-refractivity contribution in [2.24, 2.45) is 5.92 Å². The molecule has 3 heteroatoms. The zero-order chi connectivity index (χ0) is 13.5. The number of carbonyl (C=O) groups is 1. The predicted molar refractivity (Wildman–Crippen MR) is 79.3 cm³/mol. The number of anilines is 1. The SMILES string of the molecule is Cc1cccc(NC(=O)CNCCC2CCCC2)c1. The lowest BCUT2D eigenvalue weighted by atomic mass is 10.0. The first-order valence-electron chi connectivity index (χ1n) is 7.31. The Hall–Kier alpha value is -1.35. The molecule has 0 atom stereocenters. The third kappa shape index (κ3) is 5.03. The maximum atomic E-state index is 11.7. The lowest BCUT2D eigenvalue weighted by Crippen LogP contribution is -2.29. The van der Waals surface area contributed by atoms with Gasteiger partial charge in [0.2, 0.25) is 5.91 Å². The summed E-state index contributed by atoms with van der Waals surface area (Å²) in [7, 11) is 0. The highest BCUT2D eigenvalue weighted by Crippen LogP contribution is 2.26. The van der Waals surface area contributed by atoms with Gasteiger partial charge in [0.1, 0.15) is 0 Å². The van der Waals surface area contributed by atoms with Gasteiger partial charge in [-0.2, -0.15) is 0 Å². The van der Waals surface area contributed by atoms with E-state index in [-0.39, 0.29) is 5.91 Å². The summed E-state index contributed by atoms with van der Waals surface area (Å²) in [5.41, 5.74) is 2.04. The minimum absolute atomic E-state index is 0.0389. The standard InChI is InChI=1S/C16H24N2O/c1-13-5-4-8-15(11-13)18-16(19)12-17-10-9-14-6-2-3-7-14/h4-5,8,11,14,17H,2-3,6-7,9-10,12H2,1H3,(H,18,19). The van der Waals surface area contributed by atoms with Crippen molar-refractivity contribution >= 4 is 11.6 Å². The fourth-order valence-electron chi connectivity index (χ4n) is 2.74. The normalized spacial score (nSPS) is 15.6. The molecule has 0 radical (unpaired) electrons. The number of hydrogen-bond donors (Lipinski definition) is 2. The van der Waals surface area contributed by atoms with Crippen molar-refractivity contribution in [1.29, 1.82) is 0 Å². The Bertz CT molecular complexity index is 411. The molecule has 3 nitrogen and oxygen atoms in total. The van der Waals surface area contributed by atoms with Crippen LogP contribution in [0.1, 0.15) is 37.7 Å². The molecule has 1 saturated carbocycles. The van der Waals surface area contributed by atoms with Crippen LogP contribution >= 0.6 is 0 Å². The maximum absolute atomic E-state index is 11.7. The molecule has 0 bridgehead atoms. The van der Waals surface area contributed by atoms with E-state index in [9.17, 15) is 4.79 Å². The van der Waals surface area contributed by atoms with Crippen molar-refractivity contribution in [2.45, 2.75) is 39.0 Å². The number of amides is 1. The van der Waals surface area contributed by atoms with Crippen LogP contribution < -0.4 is 10.6 Å². The van der Waals surface area contributed by atoms with Crippen LogP contribution in [0.25, 0.3) is 0 Å². The topological polar surface area (TPSA) is 41.1 Å². The van der Waals surface area contributed by atoms with E-state index in [1.807, 2.05) is 31.2 Å². The smallest absolute Gasteiger partial charge is 0.238 e. The molecule has 1 aromatic carbocycles. The van der Waals surface area contributed by atoms with Crippen LogP contribution in [-0.4, -0.2) is 19.0 Å². The van der Waals surface area contributed by atoms with E-state index < -0.39 is 0 Å². The second-order valence-corrected chi connectivity index (χ2v) is 5.53. The maximum Gasteiger partial charge on any atom is 0.238 e. The monoisotopic (exact) mass is 260 g/mol. The van der Waals surface area contributed by atoms with E-state index in [0.29, 0.717) is 6.54 Å². The average molecular weight is 260 g/mol. The summed E-state index contributed by atoms with van der Waals surface area (Å²) in [6.07, 6.45) is 6.73. The molecule has 1 fully saturated rings. The van der Waals surface area contributed by atoms with Crippen molar-refractivity contribution in [3.8, 4) is 0 Å². The van der Waals surface area contributed by atoms with Gasteiger partial charge in [0, 0.05) is 5.69 Å². The Balaban J connectivity index is 1.61. The largest absolute Gasteiger partial charge is 0.325 e. The number of rotatable bonds is 6.